The van der Waals surface area contributed by atoms with E-state index in [1.807, 2.05) is 18.3 Å². The van der Waals surface area contributed by atoms with Crippen molar-refractivity contribution < 1.29 is 9.47 Å². The zero-order chi connectivity index (χ0) is 13.5. The van der Waals surface area contributed by atoms with Gasteiger partial charge in [-0.05, 0) is 24.5 Å². The SMILES string of the molecule is Clc1cc2c(cc1NC1CCc3cccnc31)OCO2. The van der Waals surface area contributed by atoms with Crippen LogP contribution in [0.4, 0.5) is 5.69 Å². The smallest absolute Gasteiger partial charge is 0.231 e. The van der Waals surface area contributed by atoms with Gasteiger partial charge in [0.1, 0.15) is 0 Å². The molecule has 0 bridgehead atoms. The predicted octanol–water partition coefficient (Wildman–Crippen LogP) is 3.56. The molecule has 0 fully saturated rings. The molecule has 1 N–H and O–H groups in total. The number of halogens is 1. The molecule has 4 nitrogen and oxygen atoms in total. The van der Waals surface area contributed by atoms with Crippen LogP contribution in [0.5, 0.6) is 11.5 Å². The van der Waals surface area contributed by atoms with Crippen LogP contribution in [0.1, 0.15) is 23.7 Å². The van der Waals surface area contributed by atoms with E-state index in [4.69, 9.17) is 21.1 Å². The quantitative estimate of drug-likeness (QED) is 0.917. The first kappa shape index (κ1) is 11.9. The molecule has 2 aliphatic rings. The first-order valence-electron chi connectivity index (χ1n) is 6.61. The lowest BCUT2D eigenvalue weighted by Gasteiger charge is -2.16. The second-order valence-corrected chi connectivity index (χ2v) is 5.38. The molecule has 1 unspecified atom stereocenters. The minimum atomic E-state index is 0.198. The second kappa shape index (κ2) is 4.56. The lowest BCUT2D eigenvalue weighted by molar-refractivity contribution is 0.174. The largest absolute Gasteiger partial charge is 0.454 e. The number of aromatic nitrogens is 1. The van der Waals surface area contributed by atoms with E-state index in [9.17, 15) is 0 Å². The molecule has 1 aliphatic heterocycles. The van der Waals surface area contributed by atoms with Crippen LogP contribution in [-0.2, 0) is 6.42 Å². The van der Waals surface area contributed by atoms with Crippen LogP contribution in [-0.4, -0.2) is 11.8 Å². The Kier molecular flexibility index (Phi) is 2.70. The topological polar surface area (TPSA) is 43.4 Å². The summed E-state index contributed by atoms with van der Waals surface area (Å²) in [5.74, 6) is 1.43. The summed E-state index contributed by atoms with van der Waals surface area (Å²) < 4.78 is 10.7. The van der Waals surface area contributed by atoms with Gasteiger partial charge in [0.25, 0.3) is 0 Å². The highest BCUT2D eigenvalue weighted by Crippen LogP contribution is 2.41. The molecule has 1 aromatic heterocycles. The fourth-order valence-electron chi connectivity index (χ4n) is 2.77. The fourth-order valence-corrected chi connectivity index (χ4v) is 2.98. The van der Waals surface area contributed by atoms with Gasteiger partial charge in [0.05, 0.1) is 22.4 Å². The Hall–Kier alpha value is -1.94. The molecule has 2 aromatic rings. The molecule has 0 saturated heterocycles. The van der Waals surface area contributed by atoms with Crippen molar-refractivity contribution in [1.82, 2.24) is 4.98 Å². The number of aryl methyl sites for hydroxylation is 1. The maximum Gasteiger partial charge on any atom is 0.231 e. The van der Waals surface area contributed by atoms with Crippen molar-refractivity contribution in [1.29, 1.82) is 0 Å². The maximum absolute atomic E-state index is 6.29. The summed E-state index contributed by atoms with van der Waals surface area (Å²) in [7, 11) is 0. The highest BCUT2D eigenvalue weighted by atomic mass is 35.5. The number of nitrogens with zero attached hydrogens (tertiary/aromatic N) is 1. The van der Waals surface area contributed by atoms with E-state index in [-0.39, 0.29) is 12.8 Å². The molecule has 0 saturated carbocycles. The highest BCUT2D eigenvalue weighted by Gasteiger charge is 2.25. The average molecular weight is 289 g/mol. The number of hydrogen-bond acceptors (Lipinski definition) is 4. The van der Waals surface area contributed by atoms with Gasteiger partial charge in [0.15, 0.2) is 11.5 Å². The van der Waals surface area contributed by atoms with Gasteiger partial charge in [0.2, 0.25) is 6.79 Å². The van der Waals surface area contributed by atoms with E-state index in [1.54, 1.807) is 6.07 Å². The van der Waals surface area contributed by atoms with Gasteiger partial charge in [-0.2, -0.15) is 0 Å². The van der Waals surface area contributed by atoms with Crippen molar-refractivity contribution in [2.75, 3.05) is 12.1 Å². The molecule has 102 valence electrons. The predicted molar refractivity (Wildman–Crippen MR) is 76.5 cm³/mol. The molecule has 2 heterocycles. The number of nitrogens with one attached hydrogen (secondary N) is 1. The molecule has 20 heavy (non-hydrogen) atoms. The minimum Gasteiger partial charge on any atom is -0.454 e. The van der Waals surface area contributed by atoms with Gasteiger partial charge in [-0.25, -0.2) is 0 Å². The Balaban J connectivity index is 1.64. The molecule has 1 atom stereocenters. The van der Waals surface area contributed by atoms with Crippen molar-refractivity contribution in [3.05, 3.63) is 46.7 Å². The van der Waals surface area contributed by atoms with Gasteiger partial charge in [0, 0.05) is 18.3 Å². The Bertz CT molecular complexity index is 675. The second-order valence-electron chi connectivity index (χ2n) is 4.97. The molecule has 1 aliphatic carbocycles. The van der Waals surface area contributed by atoms with Crippen LogP contribution in [0.2, 0.25) is 5.02 Å². The molecular formula is C15H13ClN2O2. The third kappa shape index (κ3) is 1.88. The van der Waals surface area contributed by atoms with E-state index >= 15 is 0 Å². The number of rotatable bonds is 2. The Morgan fingerprint density at radius 2 is 2.10 bits per heavy atom. The average Bonchev–Trinajstić information content (AvgIpc) is 3.06. The van der Waals surface area contributed by atoms with Crippen LogP contribution in [0.15, 0.2) is 30.5 Å². The van der Waals surface area contributed by atoms with Crippen molar-refractivity contribution in [2.24, 2.45) is 0 Å². The molecule has 0 radical (unpaired) electrons. The third-order valence-electron chi connectivity index (χ3n) is 3.75. The van der Waals surface area contributed by atoms with Gasteiger partial charge >= 0.3 is 0 Å². The Morgan fingerprint density at radius 3 is 3.00 bits per heavy atom. The van der Waals surface area contributed by atoms with Gasteiger partial charge in [-0.3, -0.25) is 4.98 Å². The summed E-state index contributed by atoms with van der Waals surface area (Å²) in [6.07, 6.45) is 3.90. The van der Waals surface area contributed by atoms with Crippen LogP contribution in [0, 0.1) is 0 Å². The summed E-state index contributed by atoms with van der Waals surface area (Å²) in [6, 6.07) is 8.00. The van der Waals surface area contributed by atoms with Crippen molar-refractivity contribution in [2.45, 2.75) is 18.9 Å². The molecule has 5 heteroatoms. The third-order valence-corrected chi connectivity index (χ3v) is 4.06. The van der Waals surface area contributed by atoms with Crippen molar-refractivity contribution in [3.63, 3.8) is 0 Å². The molecule has 4 rings (SSSR count). The van der Waals surface area contributed by atoms with E-state index in [2.05, 4.69) is 16.4 Å². The number of pyridine rings is 1. The van der Waals surface area contributed by atoms with Gasteiger partial charge in [-0.1, -0.05) is 17.7 Å². The van der Waals surface area contributed by atoms with Crippen LogP contribution in [0.3, 0.4) is 0 Å². The monoisotopic (exact) mass is 288 g/mol. The van der Waals surface area contributed by atoms with Crippen LogP contribution < -0.4 is 14.8 Å². The zero-order valence-electron chi connectivity index (χ0n) is 10.7. The summed E-state index contributed by atoms with van der Waals surface area (Å²) in [5, 5.41) is 4.10. The number of fused-ring (bicyclic) bond motifs is 2. The minimum absolute atomic E-state index is 0.198. The number of anilines is 1. The summed E-state index contributed by atoms with van der Waals surface area (Å²) in [6.45, 7) is 0.253. The first-order chi connectivity index (χ1) is 9.81. The summed E-state index contributed by atoms with van der Waals surface area (Å²) >= 11 is 6.29. The summed E-state index contributed by atoms with van der Waals surface area (Å²) in [5.41, 5.74) is 3.28. The zero-order valence-corrected chi connectivity index (χ0v) is 11.5. The van der Waals surface area contributed by atoms with Crippen molar-refractivity contribution >= 4 is 17.3 Å². The van der Waals surface area contributed by atoms with Gasteiger partial charge in [-0.15, -0.1) is 0 Å². The Labute approximate surface area is 121 Å². The molecule has 0 spiro atoms. The molecular weight excluding hydrogens is 276 g/mol. The normalized spacial score (nSPS) is 18.9. The maximum atomic E-state index is 6.29. The lowest BCUT2D eigenvalue weighted by atomic mass is 10.2. The van der Waals surface area contributed by atoms with Crippen molar-refractivity contribution in [3.8, 4) is 11.5 Å². The number of ether oxygens (including phenoxy) is 2. The van der Waals surface area contributed by atoms with E-state index in [0.29, 0.717) is 10.8 Å². The summed E-state index contributed by atoms with van der Waals surface area (Å²) in [4.78, 5) is 4.48. The lowest BCUT2D eigenvalue weighted by Crippen LogP contribution is -2.08. The van der Waals surface area contributed by atoms with E-state index < -0.39 is 0 Å². The number of benzene rings is 1. The highest BCUT2D eigenvalue weighted by molar-refractivity contribution is 6.33. The van der Waals surface area contributed by atoms with Crippen LogP contribution >= 0.6 is 11.6 Å². The van der Waals surface area contributed by atoms with E-state index in [0.717, 1.165) is 30.0 Å². The molecule has 0 amide bonds. The van der Waals surface area contributed by atoms with E-state index in [1.165, 1.54) is 5.56 Å². The first-order valence-corrected chi connectivity index (χ1v) is 6.98. The number of hydrogen-bond donors (Lipinski definition) is 1. The fraction of sp³-hybridized carbons (Fsp3) is 0.267. The van der Waals surface area contributed by atoms with Gasteiger partial charge < -0.3 is 14.8 Å². The van der Waals surface area contributed by atoms with Crippen LogP contribution in [0.25, 0.3) is 0 Å². The molecule has 1 aromatic carbocycles. The standard InChI is InChI=1S/C15H13ClN2O2/c16-10-6-13-14(20-8-19-13)7-12(10)18-11-4-3-9-2-1-5-17-15(9)11/h1-2,5-7,11,18H,3-4,8H2. The Morgan fingerprint density at radius 1 is 1.25 bits per heavy atom.